The summed E-state index contributed by atoms with van der Waals surface area (Å²) in [6.45, 7) is 3.71. The third-order valence-corrected chi connectivity index (χ3v) is 3.16. The van der Waals surface area contributed by atoms with Gasteiger partial charge in [-0.2, -0.15) is 0 Å². The van der Waals surface area contributed by atoms with Gasteiger partial charge in [0.05, 0.1) is 0 Å². The van der Waals surface area contributed by atoms with Gasteiger partial charge in [-0.05, 0) is 38.1 Å². The maximum Gasteiger partial charge on any atom is 0.272 e. The summed E-state index contributed by atoms with van der Waals surface area (Å²) in [4.78, 5) is 12.1. The lowest BCUT2D eigenvalue weighted by Crippen LogP contribution is -2.16. The summed E-state index contributed by atoms with van der Waals surface area (Å²) in [5, 5.41) is 12.4. The van der Waals surface area contributed by atoms with Crippen molar-refractivity contribution in [2.75, 3.05) is 5.32 Å². The number of aryl methyl sites for hydroxylation is 1. The monoisotopic (exact) mass is 244 g/mol. The molecule has 0 radical (unpaired) electrons. The van der Waals surface area contributed by atoms with Crippen LogP contribution in [0.4, 0.5) is 5.69 Å². The molecule has 1 amide bonds. The fourth-order valence-electron chi connectivity index (χ4n) is 1.79. The van der Waals surface area contributed by atoms with Gasteiger partial charge < -0.3 is 15.0 Å². The lowest BCUT2D eigenvalue weighted by molar-refractivity contribution is 0.101. The van der Waals surface area contributed by atoms with Crippen molar-refractivity contribution < 1.29 is 9.90 Å². The zero-order chi connectivity index (χ0) is 13.3. The molecule has 0 spiro atoms. The van der Waals surface area contributed by atoms with Crippen LogP contribution in [-0.4, -0.2) is 15.6 Å². The number of aromatic hydroxyl groups is 1. The number of phenolic OH excluding ortho intramolecular Hbond substituents is 1. The van der Waals surface area contributed by atoms with Crippen LogP contribution in [0.2, 0.25) is 0 Å². The van der Waals surface area contributed by atoms with Gasteiger partial charge in [-0.1, -0.05) is 6.07 Å². The van der Waals surface area contributed by atoms with Gasteiger partial charge in [0.25, 0.3) is 5.91 Å². The molecule has 1 aromatic heterocycles. The van der Waals surface area contributed by atoms with Gasteiger partial charge in [-0.25, -0.2) is 0 Å². The van der Waals surface area contributed by atoms with Crippen LogP contribution in [0.25, 0.3) is 0 Å². The Kier molecular flexibility index (Phi) is 3.10. The van der Waals surface area contributed by atoms with Crippen molar-refractivity contribution in [3.05, 3.63) is 47.3 Å². The number of amides is 1. The highest BCUT2D eigenvalue weighted by molar-refractivity contribution is 6.03. The van der Waals surface area contributed by atoms with E-state index in [0.717, 1.165) is 5.69 Å². The Morgan fingerprint density at radius 2 is 1.94 bits per heavy atom. The van der Waals surface area contributed by atoms with Crippen LogP contribution in [0.5, 0.6) is 5.75 Å². The molecule has 1 heterocycles. The van der Waals surface area contributed by atoms with E-state index in [1.54, 1.807) is 31.2 Å². The van der Waals surface area contributed by atoms with E-state index >= 15 is 0 Å². The number of aromatic nitrogens is 1. The molecule has 0 atom stereocenters. The first-order valence-electron chi connectivity index (χ1n) is 5.73. The molecule has 4 heteroatoms. The molecule has 0 aliphatic carbocycles. The van der Waals surface area contributed by atoms with Crippen LogP contribution in [0.3, 0.4) is 0 Å². The molecule has 0 fully saturated rings. The summed E-state index contributed by atoms with van der Waals surface area (Å²) in [5.41, 5.74) is 2.90. The highest BCUT2D eigenvalue weighted by Crippen LogP contribution is 2.24. The van der Waals surface area contributed by atoms with E-state index in [2.05, 4.69) is 5.32 Å². The molecular formula is C14H16N2O2. The van der Waals surface area contributed by atoms with Crippen LogP contribution in [-0.2, 0) is 7.05 Å². The third-order valence-electron chi connectivity index (χ3n) is 3.16. The zero-order valence-corrected chi connectivity index (χ0v) is 10.7. The van der Waals surface area contributed by atoms with E-state index in [0.29, 0.717) is 16.9 Å². The van der Waals surface area contributed by atoms with Gasteiger partial charge in [-0.3, -0.25) is 4.79 Å². The molecule has 4 nitrogen and oxygen atoms in total. The van der Waals surface area contributed by atoms with Crippen LogP contribution in [0.1, 0.15) is 21.7 Å². The molecule has 0 unspecified atom stereocenters. The van der Waals surface area contributed by atoms with Gasteiger partial charge in [0.2, 0.25) is 0 Å². The van der Waals surface area contributed by atoms with E-state index in [4.69, 9.17) is 0 Å². The number of hydrogen-bond donors (Lipinski definition) is 2. The molecule has 0 bridgehead atoms. The predicted molar refractivity (Wildman–Crippen MR) is 70.9 cm³/mol. The molecule has 2 N–H and O–H groups in total. The van der Waals surface area contributed by atoms with E-state index in [-0.39, 0.29) is 11.7 Å². The number of carbonyl (C=O) groups is 1. The quantitative estimate of drug-likeness (QED) is 0.853. The number of anilines is 1. The topological polar surface area (TPSA) is 54.3 Å². The average molecular weight is 244 g/mol. The Balaban J connectivity index is 2.27. The summed E-state index contributed by atoms with van der Waals surface area (Å²) < 4.78 is 1.83. The van der Waals surface area contributed by atoms with E-state index < -0.39 is 0 Å². The minimum absolute atomic E-state index is 0.177. The molecule has 2 rings (SSSR count). The molecule has 1 aromatic carbocycles. The van der Waals surface area contributed by atoms with Crippen molar-refractivity contribution in [1.82, 2.24) is 4.57 Å². The van der Waals surface area contributed by atoms with Crippen LogP contribution < -0.4 is 5.32 Å². The van der Waals surface area contributed by atoms with Crippen molar-refractivity contribution >= 4 is 11.6 Å². The fourth-order valence-corrected chi connectivity index (χ4v) is 1.79. The number of nitrogens with one attached hydrogen (secondary N) is 1. The lowest BCUT2D eigenvalue weighted by Gasteiger charge is -2.10. The van der Waals surface area contributed by atoms with Crippen molar-refractivity contribution in [3.63, 3.8) is 0 Å². The molecule has 18 heavy (non-hydrogen) atoms. The van der Waals surface area contributed by atoms with Crippen molar-refractivity contribution in [2.45, 2.75) is 13.8 Å². The molecule has 0 saturated heterocycles. The SMILES string of the molecule is Cc1c(O)cccc1NC(=O)c1ccc(C)n1C. The normalized spacial score (nSPS) is 10.4. The second-order valence-corrected chi connectivity index (χ2v) is 4.32. The van der Waals surface area contributed by atoms with Crippen molar-refractivity contribution in [3.8, 4) is 5.75 Å². The van der Waals surface area contributed by atoms with Gasteiger partial charge in [0.15, 0.2) is 0 Å². The molecule has 94 valence electrons. The number of phenols is 1. The first kappa shape index (κ1) is 12.2. The smallest absolute Gasteiger partial charge is 0.272 e. The Morgan fingerprint density at radius 1 is 1.22 bits per heavy atom. The van der Waals surface area contributed by atoms with Gasteiger partial charge >= 0.3 is 0 Å². The number of nitrogens with zero attached hydrogens (tertiary/aromatic N) is 1. The first-order valence-corrected chi connectivity index (χ1v) is 5.73. The van der Waals surface area contributed by atoms with E-state index in [1.807, 2.05) is 24.6 Å². The van der Waals surface area contributed by atoms with Crippen LogP contribution >= 0.6 is 0 Å². The standard InChI is InChI=1S/C14H16N2O2/c1-9-7-8-12(16(9)3)14(18)15-11-5-4-6-13(17)10(11)2/h4-8,17H,1-3H3,(H,15,18). The maximum atomic E-state index is 12.1. The number of rotatable bonds is 2. The summed E-state index contributed by atoms with van der Waals surface area (Å²) in [5.74, 6) is -0.00448. The number of benzene rings is 1. The second-order valence-electron chi connectivity index (χ2n) is 4.32. The summed E-state index contributed by atoms with van der Waals surface area (Å²) >= 11 is 0. The Hall–Kier alpha value is -2.23. The minimum Gasteiger partial charge on any atom is -0.508 e. The van der Waals surface area contributed by atoms with Gasteiger partial charge in [0, 0.05) is 24.0 Å². The Bertz CT molecular complexity index is 600. The lowest BCUT2D eigenvalue weighted by atomic mass is 10.2. The molecular weight excluding hydrogens is 228 g/mol. The summed E-state index contributed by atoms with van der Waals surface area (Å²) in [6.07, 6.45) is 0. The molecule has 2 aromatic rings. The second kappa shape index (κ2) is 4.56. The molecule has 0 aliphatic rings. The highest BCUT2D eigenvalue weighted by Gasteiger charge is 2.12. The zero-order valence-electron chi connectivity index (χ0n) is 10.7. The van der Waals surface area contributed by atoms with Gasteiger partial charge in [0.1, 0.15) is 11.4 Å². The summed E-state index contributed by atoms with van der Waals surface area (Å²) in [7, 11) is 1.85. The van der Waals surface area contributed by atoms with Crippen molar-refractivity contribution in [2.24, 2.45) is 7.05 Å². The largest absolute Gasteiger partial charge is 0.508 e. The first-order chi connectivity index (χ1) is 8.50. The number of carbonyl (C=O) groups excluding carboxylic acids is 1. The predicted octanol–water partition coefficient (Wildman–Crippen LogP) is 2.60. The average Bonchev–Trinajstić information content (AvgIpc) is 2.66. The highest BCUT2D eigenvalue weighted by atomic mass is 16.3. The number of hydrogen-bond acceptors (Lipinski definition) is 2. The fraction of sp³-hybridized carbons (Fsp3) is 0.214. The summed E-state index contributed by atoms with van der Waals surface area (Å²) in [6, 6.07) is 8.74. The molecule has 0 saturated carbocycles. The third kappa shape index (κ3) is 2.09. The van der Waals surface area contributed by atoms with E-state index in [1.165, 1.54) is 0 Å². The maximum absolute atomic E-state index is 12.1. The van der Waals surface area contributed by atoms with Crippen LogP contribution in [0, 0.1) is 13.8 Å². The van der Waals surface area contributed by atoms with Gasteiger partial charge in [-0.15, -0.1) is 0 Å². The van der Waals surface area contributed by atoms with Crippen LogP contribution in [0.15, 0.2) is 30.3 Å². The van der Waals surface area contributed by atoms with E-state index in [9.17, 15) is 9.90 Å². The molecule has 0 aliphatic heterocycles. The Morgan fingerprint density at radius 3 is 2.56 bits per heavy atom. The van der Waals surface area contributed by atoms with Crippen molar-refractivity contribution in [1.29, 1.82) is 0 Å². The minimum atomic E-state index is -0.181. The Labute approximate surface area is 106 Å².